The number of aliphatic hydroxyl groups is 1. The third kappa shape index (κ3) is 3.24. The fourth-order valence-electron chi connectivity index (χ4n) is 3.47. The lowest BCUT2D eigenvalue weighted by Gasteiger charge is -2.21. The second-order valence-electron chi connectivity index (χ2n) is 6.60. The Labute approximate surface area is 141 Å². The van der Waals surface area contributed by atoms with Crippen LogP contribution >= 0.6 is 0 Å². The number of carbonyl (C=O) groups is 2. The molecule has 0 aromatic heterocycles. The Morgan fingerprint density at radius 1 is 1.33 bits per heavy atom. The maximum atomic E-state index is 12.5. The number of β-amino-alcohol motifs (C(OH)–C–C–N with tert-alkyl or cyclic N) is 1. The van der Waals surface area contributed by atoms with Crippen molar-refractivity contribution in [3.63, 3.8) is 0 Å². The van der Waals surface area contributed by atoms with Crippen molar-refractivity contribution in [2.24, 2.45) is 0 Å². The summed E-state index contributed by atoms with van der Waals surface area (Å²) in [5.74, 6) is 0.467. The Bertz CT molecular complexity index is 625. The normalized spacial score (nSPS) is 20.5. The highest BCUT2D eigenvalue weighted by Crippen LogP contribution is 2.35. The van der Waals surface area contributed by atoms with Crippen molar-refractivity contribution in [3.8, 4) is 5.75 Å². The first kappa shape index (κ1) is 16.8. The topological polar surface area (TPSA) is 78.9 Å². The third-order valence-electron chi connectivity index (χ3n) is 4.85. The number of nitrogens with zero attached hydrogens (tertiary/aromatic N) is 1. The maximum absolute atomic E-state index is 12.5. The van der Waals surface area contributed by atoms with E-state index in [1.165, 1.54) is 0 Å². The molecule has 1 unspecified atom stereocenters. The minimum atomic E-state index is -0.915. The van der Waals surface area contributed by atoms with E-state index in [4.69, 9.17) is 4.74 Å². The van der Waals surface area contributed by atoms with Crippen molar-refractivity contribution < 1.29 is 19.4 Å². The highest BCUT2D eigenvalue weighted by Gasteiger charge is 2.52. The van der Waals surface area contributed by atoms with Crippen LogP contribution in [0.5, 0.6) is 5.75 Å². The van der Waals surface area contributed by atoms with Crippen LogP contribution in [0.15, 0.2) is 24.3 Å². The Morgan fingerprint density at radius 3 is 2.79 bits per heavy atom. The highest BCUT2D eigenvalue weighted by molar-refractivity contribution is 6.07. The van der Waals surface area contributed by atoms with E-state index in [1.54, 1.807) is 0 Å². The van der Waals surface area contributed by atoms with Gasteiger partial charge in [0.2, 0.25) is 0 Å². The molecule has 1 aromatic carbocycles. The van der Waals surface area contributed by atoms with Crippen LogP contribution in [0.1, 0.15) is 38.2 Å². The van der Waals surface area contributed by atoms with E-state index >= 15 is 0 Å². The fraction of sp³-hybridized carbons (Fsp3) is 0.556. The summed E-state index contributed by atoms with van der Waals surface area (Å²) in [5, 5.41) is 13.0. The molecule has 1 aliphatic heterocycles. The summed E-state index contributed by atoms with van der Waals surface area (Å²) in [7, 11) is 0. The molecule has 3 amide bonds. The minimum absolute atomic E-state index is 0.0389. The quantitative estimate of drug-likeness (QED) is 0.779. The second kappa shape index (κ2) is 6.81. The second-order valence-corrected chi connectivity index (χ2v) is 6.60. The van der Waals surface area contributed by atoms with E-state index < -0.39 is 17.7 Å². The molecule has 0 bridgehead atoms. The number of benzene rings is 1. The standard InChI is InChI=1S/C18H24N2O4/c1-2-13-6-5-7-15(10-13)24-12-14(21)11-20-16(22)18(19-17(20)23)8-3-4-9-18/h5-7,10,14,21H,2-4,8-9,11-12H2,1H3,(H,19,23). The summed E-state index contributed by atoms with van der Waals surface area (Å²) in [6.07, 6.45) is 3.25. The number of aryl methyl sites for hydroxylation is 1. The molecule has 130 valence electrons. The summed E-state index contributed by atoms with van der Waals surface area (Å²) in [5.41, 5.74) is 0.423. The number of hydrogen-bond donors (Lipinski definition) is 2. The lowest BCUT2D eigenvalue weighted by molar-refractivity contribution is -0.132. The molecule has 3 rings (SSSR count). The van der Waals surface area contributed by atoms with Crippen LogP contribution in [0.3, 0.4) is 0 Å². The Balaban J connectivity index is 1.55. The summed E-state index contributed by atoms with van der Waals surface area (Å²) >= 11 is 0. The van der Waals surface area contributed by atoms with Crippen molar-refractivity contribution in [3.05, 3.63) is 29.8 Å². The first-order valence-corrected chi connectivity index (χ1v) is 8.58. The average molecular weight is 332 g/mol. The number of aliphatic hydroxyl groups excluding tert-OH is 1. The molecule has 1 saturated heterocycles. The minimum Gasteiger partial charge on any atom is -0.491 e. The van der Waals surface area contributed by atoms with Crippen molar-refractivity contribution >= 4 is 11.9 Å². The molecule has 1 aromatic rings. The molecule has 1 heterocycles. The van der Waals surface area contributed by atoms with Crippen molar-refractivity contribution in [1.82, 2.24) is 10.2 Å². The van der Waals surface area contributed by atoms with Gasteiger partial charge in [0.1, 0.15) is 24.0 Å². The molecule has 1 atom stereocenters. The van der Waals surface area contributed by atoms with Gasteiger partial charge in [-0.15, -0.1) is 0 Å². The molecule has 2 fully saturated rings. The van der Waals surface area contributed by atoms with E-state index in [0.717, 1.165) is 29.7 Å². The van der Waals surface area contributed by atoms with E-state index in [0.29, 0.717) is 18.6 Å². The van der Waals surface area contributed by atoms with Gasteiger partial charge in [-0.1, -0.05) is 31.9 Å². The molecule has 0 radical (unpaired) electrons. The monoisotopic (exact) mass is 332 g/mol. The Kier molecular flexibility index (Phi) is 4.76. The lowest BCUT2D eigenvalue weighted by atomic mass is 9.98. The summed E-state index contributed by atoms with van der Waals surface area (Å²) in [4.78, 5) is 25.7. The van der Waals surface area contributed by atoms with E-state index in [2.05, 4.69) is 12.2 Å². The van der Waals surface area contributed by atoms with E-state index in [9.17, 15) is 14.7 Å². The number of rotatable bonds is 6. The molecule has 24 heavy (non-hydrogen) atoms. The van der Waals surface area contributed by atoms with Crippen molar-refractivity contribution in [2.75, 3.05) is 13.2 Å². The number of imide groups is 1. The number of carbonyl (C=O) groups excluding carboxylic acids is 2. The Hall–Kier alpha value is -2.08. The van der Waals surface area contributed by atoms with Gasteiger partial charge in [-0.05, 0) is 37.0 Å². The van der Waals surface area contributed by atoms with Crippen LogP contribution in [-0.4, -0.2) is 46.7 Å². The molecule has 2 aliphatic rings. The zero-order chi connectivity index (χ0) is 17.2. The van der Waals surface area contributed by atoms with Crippen LogP contribution in [0, 0.1) is 0 Å². The Morgan fingerprint density at radius 2 is 2.08 bits per heavy atom. The molecule has 1 aliphatic carbocycles. The van der Waals surface area contributed by atoms with Gasteiger partial charge in [0.25, 0.3) is 5.91 Å². The number of ether oxygens (including phenoxy) is 1. The van der Waals surface area contributed by atoms with Crippen molar-refractivity contribution in [2.45, 2.75) is 50.7 Å². The average Bonchev–Trinajstić information content (AvgIpc) is 3.14. The maximum Gasteiger partial charge on any atom is 0.325 e. The number of hydrogen-bond acceptors (Lipinski definition) is 4. The smallest absolute Gasteiger partial charge is 0.325 e. The number of nitrogens with one attached hydrogen (secondary N) is 1. The molecular weight excluding hydrogens is 308 g/mol. The molecule has 6 heteroatoms. The number of amides is 3. The van der Waals surface area contributed by atoms with Gasteiger partial charge in [0.15, 0.2) is 0 Å². The first-order chi connectivity index (χ1) is 11.5. The molecular formula is C18H24N2O4. The zero-order valence-corrected chi connectivity index (χ0v) is 14.0. The van der Waals surface area contributed by atoms with Gasteiger partial charge in [-0.25, -0.2) is 4.79 Å². The van der Waals surface area contributed by atoms with E-state index in [1.807, 2.05) is 24.3 Å². The third-order valence-corrected chi connectivity index (χ3v) is 4.85. The lowest BCUT2D eigenvalue weighted by Crippen LogP contribution is -2.45. The van der Waals surface area contributed by atoms with Crippen LogP contribution in [0.25, 0.3) is 0 Å². The SMILES string of the molecule is CCc1cccc(OCC(O)CN2C(=O)NC3(CCCC3)C2=O)c1. The summed E-state index contributed by atoms with van der Waals surface area (Å²) in [6, 6.07) is 7.26. The highest BCUT2D eigenvalue weighted by atomic mass is 16.5. The molecule has 1 spiro atoms. The fourth-order valence-corrected chi connectivity index (χ4v) is 3.47. The van der Waals surface area contributed by atoms with Gasteiger partial charge < -0.3 is 15.2 Å². The van der Waals surface area contributed by atoms with Gasteiger partial charge in [-0.2, -0.15) is 0 Å². The van der Waals surface area contributed by atoms with Gasteiger partial charge in [0, 0.05) is 0 Å². The molecule has 2 N–H and O–H groups in total. The predicted molar refractivity (Wildman–Crippen MR) is 88.8 cm³/mol. The van der Waals surface area contributed by atoms with Gasteiger partial charge in [-0.3, -0.25) is 9.69 Å². The largest absolute Gasteiger partial charge is 0.491 e. The summed E-state index contributed by atoms with van der Waals surface area (Å²) < 4.78 is 5.59. The van der Waals surface area contributed by atoms with Gasteiger partial charge >= 0.3 is 6.03 Å². The summed E-state index contributed by atoms with van der Waals surface area (Å²) in [6.45, 7) is 2.06. The molecule has 6 nitrogen and oxygen atoms in total. The van der Waals surface area contributed by atoms with Crippen LogP contribution in [-0.2, 0) is 11.2 Å². The predicted octanol–water partition coefficient (Wildman–Crippen LogP) is 1.85. The zero-order valence-electron chi connectivity index (χ0n) is 14.0. The van der Waals surface area contributed by atoms with Gasteiger partial charge in [0.05, 0.1) is 6.54 Å². The van der Waals surface area contributed by atoms with Crippen LogP contribution < -0.4 is 10.1 Å². The van der Waals surface area contributed by atoms with E-state index in [-0.39, 0.29) is 19.1 Å². The van der Waals surface area contributed by atoms with Crippen LogP contribution in [0.4, 0.5) is 4.79 Å². The van der Waals surface area contributed by atoms with Crippen LogP contribution in [0.2, 0.25) is 0 Å². The molecule has 1 saturated carbocycles. The number of urea groups is 1. The van der Waals surface area contributed by atoms with Crippen molar-refractivity contribution in [1.29, 1.82) is 0 Å². The first-order valence-electron chi connectivity index (χ1n) is 8.58.